The zero-order valence-electron chi connectivity index (χ0n) is 10.7. The van der Waals surface area contributed by atoms with E-state index < -0.39 is 0 Å². The summed E-state index contributed by atoms with van der Waals surface area (Å²) in [4.78, 5) is 0. The van der Waals surface area contributed by atoms with Gasteiger partial charge in [-0.15, -0.1) is 0 Å². The van der Waals surface area contributed by atoms with E-state index in [-0.39, 0.29) is 0 Å². The van der Waals surface area contributed by atoms with Gasteiger partial charge < -0.3 is 5.32 Å². The standard InChI is InChI=1S/C14H27N/c1-4-15-13(14(3)8-9-14)12-7-5-6-11(2)10-12/h11-13,15H,4-10H2,1-3H3. The molecule has 88 valence electrons. The van der Waals surface area contributed by atoms with E-state index in [1.807, 2.05) is 0 Å². The van der Waals surface area contributed by atoms with E-state index in [2.05, 4.69) is 26.1 Å². The fraction of sp³-hybridized carbons (Fsp3) is 1.00. The van der Waals surface area contributed by atoms with E-state index in [4.69, 9.17) is 0 Å². The molecule has 1 N–H and O–H groups in total. The molecular formula is C14H27N. The molecule has 1 heteroatoms. The smallest absolute Gasteiger partial charge is 0.0149 e. The van der Waals surface area contributed by atoms with Crippen LogP contribution in [0.5, 0.6) is 0 Å². The van der Waals surface area contributed by atoms with Gasteiger partial charge in [-0.05, 0) is 49.5 Å². The minimum atomic E-state index is 0.651. The Morgan fingerprint density at radius 3 is 2.60 bits per heavy atom. The van der Waals surface area contributed by atoms with Crippen molar-refractivity contribution in [2.45, 2.75) is 65.3 Å². The Labute approximate surface area is 95.0 Å². The summed E-state index contributed by atoms with van der Waals surface area (Å²) in [6.07, 6.45) is 8.77. The van der Waals surface area contributed by atoms with Crippen molar-refractivity contribution in [2.75, 3.05) is 6.54 Å². The van der Waals surface area contributed by atoms with Crippen molar-refractivity contribution in [2.24, 2.45) is 17.3 Å². The fourth-order valence-electron chi connectivity index (χ4n) is 3.49. The highest BCUT2D eigenvalue weighted by Gasteiger charge is 2.47. The van der Waals surface area contributed by atoms with Gasteiger partial charge in [-0.2, -0.15) is 0 Å². The lowest BCUT2D eigenvalue weighted by molar-refractivity contribution is 0.174. The lowest BCUT2D eigenvalue weighted by Crippen LogP contribution is -2.44. The third-order valence-corrected chi connectivity index (χ3v) is 4.66. The molecule has 2 fully saturated rings. The first kappa shape index (κ1) is 11.4. The summed E-state index contributed by atoms with van der Waals surface area (Å²) in [5.41, 5.74) is 0.651. The summed E-state index contributed by atoms with van der Waals surface area (Å²) in [7, 11) is 0. The molecule has 1 nitrogen and oxygen atoms in total. The van der Waals surface area contributed by atoms with Crippen LogP contribution in [-0.2, 0) is 0 Å². The van der Waals surface area contributed by atoms with Gasteiger partial charge in [0.2, 0.25) is 0 Å². The van der Waals surface area contributed by atoms with E-state index in [1.54, 1.807) is 0 Å². The average Bonchev–Trinajstić information content (AvgIpc) is 2.94. The molecule has 0 saturated heterocycles. The molecule has 2 aliphatic rings. The minimum Gasteiger partial charge on any atom is -0.313 e. The quantitative estimate of drug-likeness (QED) is 0.746. The largest absolute Gasteiger partial charge is 0.313 e. The van der Waals surface area contributed by atoms with Crippen LogP contribution in [0.4, 0.5) is 0 Å². The van der Waals surface area contributed by atoms with Crippen LogP contribution in [0.1, 0.15) is 59.3 Å². The van der Waals surface area contributed by atoms with Gasteiger partial charge in [0.1, 0.15) is 0 Å². The van der Waals surface area contributed by atoms with Crippen LogP contribution in [0.25, 0.3) is 0 Å². The Hall–Kier alpha value is -0.0400. The second-order valence-electron chi connectivity index (χ2n) is 6.22. The fourth-order valence-corrected chi connectivity index (χ4v) is 3.49. The number of nitrogens with one attached hydrogen (secondary N) is 1. The normalized spacial score (nSPS) is 36.2. The molecule has 0 aromatic heterocycles. The van der Waals surface area contributed by atoms with Gasteiger partial charge in [-0.1, -0.05) is 33.6 Å². The number of hydrogen-bond donors (Lipinski definition) is 1. The molecule has 2 aliphatic carbocycles. The maximum absolute atomic E-state index is 3.78. The van der Waals surface area contributed by atoms with E-state index in [1.165, 1.54) is 38.5 Å². The second kappa shape index (κ2) is 4.45. The van der Waals surface area contributed by atoms with Crippen LogP contribution in [0.3, 0.4) is 0 Å². The molecule has 15 heavy (non-hydrogen) atoms. The first-order valence-electron chi connectivity index (χ1n) is 6.89. The summed E-state index contributed by atoms with van der Waals surface area (Å²) in [6, 6.07) is 0.810. The molecule has 3 atom stereocenters. The Kier molecular flexibility index (Phi) is 3.39. The number of hydrogen-bond acceptors (Lipinski definition) is 1. The average molecular weight is 209 g/mol. The Bertz CT molecular complexity index is 207. The summed E-state index contributed by atoms with van der Waals surface area (Å²) in [5.74, 6) is 1.92. The van der Waals surface area contributed by atoms with Crippen LogP contribution >= 0.6 is 0 Å². The molecule has 3 unspecified atom stereocenters. The molecule has 2 saturated carbocycles. The molecule has 0 heterocycles. The van der Waals surface area contributed by atoms with Crippen molar-refractivity contribution in [1.82, 2.24) is 5.32 Å². The zero-order chi connectivity index (χ0) is 10.9. The van der Waals surface area contributed by atoms with Crippen molar-refractivity contribution in [3.8, 4) is 0 Å². The van der Waals surface area contributed by atoms with Gasteiger partial charge in [0, 0.05) is 6.04 Å². The zero-order valence-corrected chi connectivity index (χ0v) is 10.7. The summed E-state index contributed by atoms with van der Waals surface area (Å²) in [6.45, 7) is 8.32. The highest BCUT2D eigenvalue weighted by atomic mass is 14.9. The van der Waals surface area contributed by atoms with Crippen LogP contribution < -0.4 is 5.32 Å². The monoisotopic (exact) mass is 209 g/mol. The first-order chi connectivity index (χ1) is 7.15. The van der Waals surface area contributed by atoms with Gasteiger partial charge in [0.25, 0.3) is 0 Å². The van der Waals surface area contributed by atoms with Crippen molar-refractivity contribution in [1.29, 1.82) is 0 Å². The molecule has 0 spiro atoms. The van der Waals surface area contributed by atoms with Crippen LogP contribution in [-0.4, -0.2) is 12.6 Å². The van der Waals surface area contributed by atoms with Crippen LogP contribution in [0.2, 0.25) is 0 Å². The van der Waals surface area contributed by atoms with E-state index >= 15 is 0 Å². The third kappa shape index (κ3) is 2.55. The number of rotatable bonds is 4. The molecular weight excluding hydrogens is 182 g/mol. The molecule has 2 rings (SSSR count). The van der Waals surface area contributed by atoms with Crippen molar-refractivity contribution < 1.29 is 0 Å². The predicted octanol–water partition coefficient (Wildman–Crippen LogP) is 3.59. The van der Waals surface area contributed by atoms with Crippen molar-refractivity contribution in [3.63, 3.8) is 0 Å². The Balaban J connectivity index is 1.97. The summed E-state index contributed by atoms with van der Waals surface area (Å²) < 4.78 is 0. The van der Waals surface area contributed by atoms with Crippen molar-refractivity contribution >= 4 is 0 Å². The van der Waals surface area contributed by atoms with Gasteiger partial charge in [0.05, 0.1) is 0 Å². The SMILES string of the molecule is CCNC(C1CCCC(C)C1)C1(C)CC1. The summed E-state index contributed by atoms with van der Waals surface area (Å²) >= 11 is 0. The van der Waals surface area contributed by atoms with Gasteiger partial charge >= 0.3 is 0 Å². The lowest BCUT2D eigenvalue weighted by Gasteiger charge is -2.37. The van der Waals surface area contributed by atoms with E-state index in [0.29, 0.717) is 5.41 Å². The van der Waals surface area contributed by atoms with E-state index in [9.17, 15) is 0 Å². The highest BCUT2D eigenvalue weighted by Crippen LogP contribution is 2.52. The van der Waals surface area contributed by atoms with Gasteiger partial charge in [-0.25, -0.2) is 0 Å². The third-order valence-electron chi connectivity index (χ3n) is 4.66. The van der Waals surface area contributed by atoms with Crippen LogP contribution in [0.15, 0.2) is 0 Å². The first-order valence-corrected chi connectivity index (χ1v) is 6.89. The Morgan fingerprint density at radius 2 is 2.07 bits per heavy atom. The molecule has 0 aliphatic heterocycles. The Morgan fingerprint density at radius 1 is 1.33 bits per heavy atom. The summed E-state index contributed by atoms with van der Waals surface area (Å²) in [5, 5.41) is 3.78. The predicted molar refractivity (Wildman–Crippen MR) is 65.9 cm³/mol. The molecule has 0 bridgehead atoms. The molecule has 0 aromatic carbocycles. The second-order valence-corrected chi connectivity index (χ2v) is 6.22. The van der Waals surface area contributed by atoms with Gasteiger partial charge in [-0.3, -0.25) is 0 Å². The van der Waals surface area contributed by atoms with E-state index in [0.717, 1.165) is 24.4 Å². The minimum absolute atomic E-state index is 0.651. The van der Waals surface area contributed by atoms with Crippen LogP contribution in [0, 0.1) is 17.3 Å². The van der Waals surface area contributed by atoms with Crippen molar-refractivity contribution in [3.05, 3.63) is 0 Å². The topological polar surface area (TPSA) is 12.0 Å². The molecule has 0 aromatic rings. The highest BCUT2D eigenvalue weighted by molar-refractivity contribution is 5.02. The molecule has 0 amide bonds. The maximum atomic E-state index is 3.78. The lowest BCUT2D eigenvalue weighted by atomic mass is 9.74. The maximum Gasteiger partial charge on any atom is 0.0149 e. The molecule has 0 radical (unpaired) electrons. The van der Waals surface area contributed by atoms with Gasteiger partial charge in [0.15, 0.2) is 0 Å².